The summed E-state index contributed by atoms with van der Waals surface area (Å²) in [5, 5.41) is 9.77. The highest BCUT2D eigenvalue weighted by Crippen LogP contribution is 2.51. The number of likely N-dealkylation sites (tertiary alicyclic amines) is 1. The number of amides is 1. The average Bonchev–Trinajstić information content (AvgIpc) is 2.45. The molecule has 7 heteroatoms. The number of aliphatic hydroxyl groups is 1. The van der Waals surface area contributed by atoms with E-state index in [1.54, 1.807) is 13.0 Å². The molecule has 0 aromatic heterocycles. The van der Waals surface area contributed by atoms with Crippen molar-refractivity contribution in [3.8, 4) is 5.75 Å². The topological polar surface area (TPSA) is 49.8 Å². The third kappa shape index (κ3) is 3.30. The molecular formula is C20H24F3NO3. The highest BCUT2D eigenvalue weighted by atomic mass is 19.4. The van der Waals surface area contributed by atoms with Crippen molar-refractivity contribution in [2.24, 2.45) is 11.3 Å². The Bertz CT molecular complexity index is 752. The number of ether oxygens (including phenoxy) is 1. The van der Waals surface area contributed by atoms with Crippen molar-refractivity contribution in [1.29, 1.82) is 0 Å². The Kier molecular flexibility index (Phi) is 4.04. The standard InChI is InChI=1S/C20H24F3NO3/c1-12-15(20(21,22)23)4-3-5-16(12)27-14-8-19(9-14)10-24(11-19)17(25)13-6-18(2,26)7-13/h3-5,13-14,26H,6-11H2,1-2H3/t13-,18+. The molecule has 3 fully saturated rings. The smallest absolute Gasteiger partial charge is 0.416 e. The second kappa shape index (κ2) is 5.87. The van der Waals surface area contributed by atoms with Gasteiger partial charge in [-0.05, 0) is 51.7 Å². The number of hydrogen-bond donors (Lipinski definition) is 1. The summed E-state index contributed by atoms with van der Waals surface area (Å²) in [6.07, 6.45) is -1.92. The summed E-state index contributed by atoms with van der Waals surface area (Å²) in [5.41, 5.74) is -1.19. The molecule has 1 spiro atoms. The summed E-state index contributed by atoms with van der Waals surface area (Å²) >= 11 is 0. The van der Waals surface area contributed by atoms with Crippen LogP contribution >= 0.6 is 0 Å². The molecular weight excluding hydrogens is 359 g/mol. The first kappa shape index (κ1) is 18.6. The van der Waals surface area contributed by atoms with E-state index in [-0.39, 0.29) is 34.7 Å². The Balaban J connectivity index is 1.29. The van der Waals surface area contributed by atoms with E-state index in [0.29, 0.717) is 25.9 Å². The Morgan fingerprint density at radius 1 is 1.22 bits per heavy atom. The van der Waals surface area contributed by atoms with Gasteiger partial charge in [-0.2, -0.15) is 13.2 Å². The molecule has 27 heavy (non-hydrogen) atoms. The second-order valence-corrected chi connectivity index (χ2v) is 8.87. The summed E-state index contributed by atoms with van der Waals surface area (Å²) in [6, 6.07) is 4.02. The van der Waals surface area contributed by atoms with Gasteiger partial charge in [0.25, 0.3) is 0 Å². The van der Waals surface area contributed by atoms with E-state index in [2.05, 4.69) is 0 Å². The number of hydrogen-bond acceptors (Lipinski definition) is 3. The first-order valence-corrected chi connectivity index (χ1v) is 9.33. The SMILES string of the molecule is Cc1c(OC2CC3(C2)CN(C(=O)[C@H]2C[C@@](C)(O)C2)C3)cccc1C(F)(F)F. The zero-order chi connectivity index (χ0) is 19.6. The minimum absolute atomic E-state index is 0.0577. The molecule has 2 aliphatic carbocycles. The van der Waals surface area contributed by atoms with E-state index in [1.807, 2.05) is 4.90 Å². The Labute approximate surface area is 156 Å². The molecule has 1 aromatic carbocycles. The number of carbonyl (C=O) groups excluding carboxylic acids is 1. The van der Waals surface area contributed by atoms with Crippen LogP contribution in [0, 0.1) is 18.3 Å². The summed E-state index contributed by atoms with van der Waals surface area (Å²) in [6.45, 7) is 4.56. The van der Waals surface area contributed by atoms with Gasteiger partial charge in [-0.15, -0.1) is 0 Å². The molecule has 1 saturated heterocycles. The lowest BCUT2D eigenvalue weighted by Gasteiger charge is -2.59. The number of rotatable bonds is 3. The molecule has 4 rings (SSSR count). The van der Waals surface area contributed by atoms with E-state index < -0.39 is 17.3 Å². The summed E-state index contributed by atoms with van der Waals surface area (Å²) in [5.74, 6) is 0.330. The van der Waals surface area contributed by atoms with Crippen LogP contribution < -0.4 is 4.74 Å². The maximum absolute atomic E-state index is 13.0. The van der Waals surface area contributed by atoms with E-state index in [9.17, 15) is 23.1 Å². The lowest BCUT2D eigenvalue weighted by atomic mass is 9.61. The van der Waals surface area contributed by atoms with Crippen LogP contribution in [0.25, 0.3) is 0 Å². The minimum Gasteiger partial charge on any atom is -0.490 e. The van der Waals surface area contributed by atoms with Gasteiger partial charge in [0.05, 0.1) is 11.2 Å². The number of alkyl halides is 3. The van der Waals surface area contributed by atoms with Gasteiger partial charge in [-0.3, -0.25) is 4.79 Å². The maximum atomic E-state index is 13.0. The summed E-state index contributed by atoms with van der Waals surface area (Å²) in [7, 11) is 0. The van der Waals surface area contributed by atoms with E-state index >= 15 is 0 Å². The Morgan fingerprint density at radius 3 is 2.41 bits per heavy atom. The van der Waals surface area contributed by atoms with Crippen molar-refractivity contribution in [2.45, 2.75) is 57.4 Å². The van der Waals surface area contributed by atoms with Crippen molar-refractivity contribution in [1.82, 2.24) is 4.90 Å². The molecule has 1 aliphatic heterocycles. The first-order chi connectivity index (χ1) is 12.5. The number of halogens is 3. The summed E-state index contributed by atoms with van der Waals surface area (Å²) < 4.78 is 44.8. The molecule has 1 N–H and O–H groups in total. The van der Waals surface area contributed by atoms with E-state index in [1.165, 1.54) is 13.0 Å². The first-order valence-electron chi connectivity index (χ1n) is 9.33. The second-order valence-electron chi connectivity index (χ2n) is 8.87. The van der Waals surface area contributed by atoms with Crippen molar-refractivity contribution >= 4 is 5.91 Å². The highest BCUT2D eigenvalue weighted by molar-refractivity contribution is 5.81. The largest absolute Gasteiger partial charge is 0.490 e. The number of benzene rings is 1. The molecule has 0 unspecified atom stereocenters. The Hall–Kier alpha value is -1.76. The normalized spacial score (nSPS) is 29.7. The monoisotopic (exact) mass is 383 g/mol. The van der Waals surface area contributed by atoms with Crippen LogP contribution in [0.5, 0.6) is 5.75 Å². The molecule has 0 radical (unpaired) electrons. The minimum atomic E-state index is -4.38. The van der Waals surface area contributed by atoms with Gasteiger partial charge < -0.3 is 14.7 Å². The molecule has 4 nitrogen and oxygen atoms in total. The van der Waals surface area contributed by atoms with Crippen LogP contribution in [0.15, 0.2) is 18.2 Å². The average molecular weight is 383 g/mol. The molecule has 2 saturated carbocycles. The quantitative estimate of drug-likeness (QED) is 0.869. The third-order valence-corrected chi connectivity index (χ3v) is 6.29. The molecule has 0 bridgehead atoms. The third-order valence-electron chi connectivity index (χ3n) is 6.29. The van der Waals surface area contributed by atoms with Crippen molar-refractivity contribution < 1.29 is 27.8 Å². The zero-order valence-electron chi connectivity index (χ0n) is 15.5. The van der Waals surface area contributed by atoms with E-state index in [0.717, 1.165) is 18.9 Å². The number of nitrogens with zero attached hydrogens (tertiary/aromatic N) is 1. The molecule has 0 atom stereocenters. The predicted octanol–water partition coefficient (Wildman–Crippen LogP) is 3.54. The van der Waals surface area contributed by atoms with Crippen LogP contribution in [0.2, 0.25) is 0 Å². The van der Waals surface area contributed by atoms with Gasteiger partial charge in [-0.25, -0.2) is 0 Å². The fourth-order valence-electron chi connectivity index (χ4n) is 4.83. The molecule has 1 heterocycles. The van der Waals surface area contributed by atoms with Gasteiger partial charge in [-0.1, -0.05) is 6.07 Å². The van der Waals surface area contributed by atoms with Crippen molar-refractivity contribution in [2.75, 3.05) is 13.1 Å². The van der Waals surface area contributed by atoms with Crippen molar-refractivity contribution in [3.63, 3.8) is 0 Å². The van der Waals surface area contributed by atoms with Gasteiger partial charge in [0, 0.05) is 30.0 Å². The maximum Gasteiger partial charge on any atom is 0.416 e. The summed E-state index contributed by atoms with van der Waals surface area (Å²) in [4.78, 5) is 14.2. The highest BCUT2D eigenvalue weighted by Gasteiger charge is 2.56. The van der Waals surface area contributed by atoms with E-state index in [4.69, 9.17) is 4.74 Å². The predicted molar refractivity (Wildman–Crippen MR) is 92.2 cm³/mol. The van der Waals surface area contributed by atoms with Gasteiger partial charge >= 0.3 is 6.18 Å². The van der Waals surface area contributed by atoms with Gasteiger partial charge in [0.2, 0.25) is 5.91 Å². The molecule has 3 aliphatic rings. The zero-order valence-corrected chi connectivity index (χ0v) is 15.5. The van der Waals surface area contributed by atoms with Crippen LogP contribution in [0.1, 0.15) is 43.7 Å². The van der Waals surface area contributed by atoms with Crippen LogP contribution in [-0.4, -0.2) is 40.7 Å². The lowest BCUT2D eigenvalue weighted by Crippen LogP contribution is -2.67. The molecule has 148 valence electrons. The van der Waals surface area contributed by atoms with Gasteiger partial charge in [0.1, 0.15) is 11.9 Å². The molecule has 1 amide bonds. The van der Waals surface area contributed by atoms with Crippen LogP contribution in [0.3, 0.4) is 0 Å². The van der Waals surface area contributed by atoms with Crippen LogP contribution in [0.4, 0.5) is 13.2 Å². The van der Waals surface area contributed by atoms with Crippen molar-refractivity contribution in [3.05, 3.63) is 29.3 Å². The lowest BCUT2D eigenvalue weighted by molar-refractivity contribution is -0.175. The molecule has 1 aromatic rings. The van der Waals surface area contributed by atoms with Crippen LogP contribution in [-0.2, 0) is 11.0 Å². The fourth-order valence-corrected chi connectivity index (χ4v) is 4.83. The Morgan fingerprint density at radius 2 is 1.85 bits per heavy atom. The van der Waals surface area contributed by atoms with Gasteiger partial charge in [0.15, 0.2) is 0 Å². The number of carbonyl (C=O) groups is 1. The fraction of sp³-hybridized carbons (Fsp3) is 0.650.